The molecule has 1 amide bonds. The van der Waals surface area contributed by atoms with Crippen LogP contribution in [0.25, 0.3) is 0 Å². The van der Waals surface area contributed by atoms with E-state index in [0.29, 0.717) is 23.7 Å². The SMILES string of the molecule is COc1cc(OCCN2CCc3sccc3C2c2ccc(Cl)cc2)ccc1/C=N/NC(=O)c1ccc(O)c(Cl)c1. The Labute approximate surface area is 246 Å². The fourth-order valence-corrected chi connectivity index (χ4v) is 5.90. The number of hydrogen-bond acceptors (Lipinski definition) is 7. The van der Waals surface area contributed by atoms with Gasteiger partial charge in [-0.2, -0.15) is 5.10 Å². The van der Waals surface area contributed by atoms with Gasteiger partial charge in [0.15, 0.2) is 0 Å². The molecule has 0 spiro atoms. The molecular formula is C30H27Cl2N3O4S. The number of phenolic OH excluding ortho intramolecular Hbond substituents is 1. The van der Waals surface area contributed by atoms with Gasteiger partial charge in [-0.25, -0.2) is 5.43 Å². The number of halogens is 2. The summed E-state index contributed by atoms with van der Waals surface area (Å²) < 4.78 is 11.6. The Bertz CT molecular complexity index is 1520. The van der Waals surface area contributed by atoms with Gasteiger partial charge in [-0.1, -0.05) is 35.3 Å². The number of aromatic hydroxyl groups is 1. The van der Waals surface area contributed by atoms with E-state index in [2.05, 4.69) is 39.0 Å². The zero-order chi connectivity index (χ0) is 28.1. The van der Waals surface area contributed by atoms with Crippen molar-refractivity contribution in [1.29, 1.82) is 0 Å². The van der Waals surface area contributed by atoms with E-state index in [1.807, 2.05) is 35.6 Å². The summed E-state index contributed by atoms with van der Waals surface area (Å²) in [5, 5.41) is 16.5. The number of hydrazone groups is 1. The molecule has 40 heavy (non-hydrogen) atoms. The van der Waals surface area contributed by atoms with Crippen LogP contribution in [0.5, 0.6) is 17.2 Å². The van der Waals surface area contributed by atoms with Crippen LogP contribution < -0.4 is 14.9 Å². The van der Waals surface area contributed by atoms with Crippen LogP contribution in [-0.4, -0.2) is 48.9 Å². The Morgan fingerprint density at radius 3 is 2.75 bits per heavy atom. The zero-order valence-electron chi connectivity index (χ0n) is 21.6. The van der Waals surface area contributed by atoms with Gasteiger partial charge < -0.3 is 14.6 Å². The van der Waals surface area contributed by atoms with Gasteiger partial charge in [-0.05, 0) is 71.5 Å². The van der Waals surface area contributed by atoms with Gasteiger partial charge in [0.05, 0.1) is 24.4 Å². The van der Waals surface area contributed by atoms with Crippen LogP contribution >= 0.6 is 34.5 Å². The van der Waals surface area contributed by atoms with E-state index in [-0.39, 0.29) is 22.4 Å². The van der Waals surface area contributed by atoms with E-state index in [9.17, 15) is 9.90 Å². The molecule has 0 saturated heterocycles. The van der Waals surface area contributed by atoms with Crippen molar-refractivity contribution < 1.29 is 19.4 Å². The van der Waals surface area contributed by atoms with Crippen molar-refractivity contribution in [3.8, 4) is 17.2 Å². The quantitative estimate of drug-likeness (QED) is 0.169. The van der Waals surface area contributed by atoms with Crippen LogP contribution in [0.2, 0.25) is 10.0 Å². The zero-order valence-corrected chi connectivity index (χ0v) is 24.0. The van der Waals surface area contributed by atoms with Crippen LogP contribution in [-0.2, 0) is 6.42 Å². The van der Waals surface area contributed by atoms with Gasteiger partial charge in [0.1, 0.15) is 23.9 Å². The Kier molecular flexibility index (Phi) is 8.91. The number of nitrogens with zero attached hydrogens (tertiary/aromatic N) is 2. The molecule has 1 unspecified atom stereocenters. The molecule has 2 N–H and O–H groups in total. The van der Waals surface area contributed by atoms with E-state index in [1.54, 1.807) is 13.2 Å². The van der Waals surface area contributed by atoms with Crippen molar-refractivity contribution in [3.05, 3.63) is 109 Å². The number of hydrogen-bond donors (Lipinski definition) is 2. The second kappa shape index (κ2) is 12.7. The molecular weight excluding hydrogens is 569 g/mol. The van der Waals surface area contributed by atoms with Crippen molar-refractivity contribution >= 4 is 46.7 Å². The lowest BCUT2D eigenvalue weighted by Crippen LogP contribution is -2.38. The third kappa shape index (κ3) is 6.42. The predicted molar refractivity (Wildman–Crippen MR) is 160 cm³/mol. The Hall–Kier alpha value is -3.56. The number of nitrogens with one attached hydrogen (secondary N) is 1. The summed E-state index contributed by atoms with van der Waals surface area (Å²) in [5.74, 6) is 0.681. The molecule has 1 aliphatic rings. The Morgan fingerprint density at radius 2 is 1.98 bits per heavy atom. The van der Waals surface area contributed by atoms with E-state index < -0.39 is 5.91 Å². The van der Waals surface area contributed by atoms with Crippen molar-refractivity contribution in [2.75, 3.05) is 26.8 Å². The fourth-order valence-electron chi connectivity index (χ4n) is 4.69. The van der Waals surface area contributed by atoms with Gasteiger partial charge in [0.25, 0.3) is 5.91 Å². The average Bonchev–Trinajstić information content (AvgIpc) is 3.44. The molecule has 2 heterocycles. The number of benzene rings is 3. The van der Waals surface area contributed by atoms with E-state index in [1.165, 1.54) is 40.4 Å². The molecule has 0 radical (unpaired) electrons. The highest BCUT2D eigenvalue weighted by atomic mass is 35.5. The molecule has 7 nitrogen and oxygen atoms in total. The molecule has 1 aromatic heterocycles. The molecule has 0 fully saturated rings. The molecule has 3 aromatic carbocycles. The van der Waals surface area contributed by atoms with Crippen LogP contribution in [0.4, 0.5) is 0 Å². The van der Waals surface area contributed by atoms with Crippen LogP contribution in [0.1, 0.15) is 38.0 Å². The Morgan fingerprint density at radius 1 is 1.15 bits per heavy atom. The summed E-state index contributed by atoms with van der Waals surface area (Å²) in [5.41, 5.74) is 5.96. The maximum atomic E-state index is 12.3. The lowest BCUT2D eigenvalue weighted by atomic mass is 9.93. The van der Waals surface area contributed by atoms with Crippen molar-refractivity contribution in [3.63, 3.8) is 0 Å². The highest BCUT2D eigenvalue weighted by molar-refractivity contribution is 7.10. The monoisotopic (exact) mass is 595 g/mol. The highest BCUT2D eigenvalue weighted by Crippen LogP contribution is 2.38. The van der Waals surface area contributed by atoms with Crippen molar-refractivity contribution in [2.45, 2.75) is 12.5 Å². The third-order valence-corrected chi connectivity index (χ3v) is 8.23. The summed E-state index contributed by atoms with van der Waals surface area (Å²) in [6.07, 6.45) is 2.51. The summed E-state index contributed by atoms with van der Waals surface area (Å²) in [6.45, 7) is 2.21. The topological polar surface area (TPSA) is 83.4 Å². The molecule has 1 aliphatic heterocycles. The number of fused-ring (bicyclic) bond motifs is 1. The van der Waals surface area contributed by atoms with Gasteiger partial charge in [0, 0.05) is 40.2 Å². The van der Waals surface area contributed by atoms with Crippen LogP contribution in [0.15, 0.2) is 77.2 Å². The van der Waals surface area contributed by atoms with Crippen molar-refractivity contribution in [2.24, 2.45) is 5.10 Å². The van der Waals surface area contributed by atoms with Gasteiger partial charge in [0.2, 0.25) is 0 Å². The maximum absolute atomic E-state index is 12.3. The molecule has 0 aliphatic carbocycles. The Balaban J connectivity index is 1.21. The minimum Gasteiger partial charge on any atom is -0.506 e. The van der Waals surface area contributed by atoms with E-state index in [4.69, 9.17) is 32.7 Å². The number of thiophene rings is 1. The standard InChI is InChI=1S/C30H27Cl2N3O4S/c1-38-27-17-23(8-4-21(27)18-33-34-30(37)20-5-9-26(36)25(32)16-20)39-14-13-35-12-10-28-24(11-15-40-28)29(35)19-2-6-22(31)7-3-19/h2-9,11,15-18,29,36H,10,12-14H2,1H3,(H,34,37)/b33-18+. The second-order valence-corrected chi connectivity index (χ2v) is 11.0. The average molecular weight is 597 g/mol. The number of carbonyl (C=O) groups excluding carboxylic acids is 1. The number of methoxy groups -OCH3 is 1. The number of rotatable bonds is 9. The first kappa shape index (κ1) is 28.0. The number of amides is 1. The van der Waals surface area contributed by atoms with E-state index >= 15 is 0 Å². The number of phenols is 1. The lowest BCUT2D eigenvalue weighted by Gasteiger charge is -2.36. The summed E-state index contributed by atoms with van der Waals surface area (Å²) in [6, 6.07) is 20.1. The number of ether oxygens (including phenoxy) is 2. The molecule has 0 saturated carbocycles. The molecule has 4 aromatic rings. The normalized spacial score (nSPS) is 15.1. The van der Waals surface area contributed by atoms with Crippen LogP contribution in [0.3, 0.4) is 0 Å². The summed E-state index contributed by atoms with van der Waals surface area (Å²) in [7, 11) is 1.57. The molecule has 1 atom stereocenters. The summed E-state index contributed by atoms with van der Waals surface area (Å²) in [4.78, 5) is 16.2. The lowest BCUT2D eigenvalue weighted by molar-refractivity contribution is 0.0955. The largest absolute Gasteiger partial charge is 0.506 e. The second-order valence-electron chi connectivity index (χ2n) is 9.16. The molecule has 0 bridgehead atoms. The molecule has 206 valence electrons. The minimum atomic E-state index is -0.457. The first-order chi connectivity index (χ1) is 19.4. The molecule has 10 heteroatoms. The van der Waals surface area contributed by atoms with Gasteiger partial charge >= 0.3 is 0 Å². The van der Waals surface area contributed by atoms with Crippen LogP contribution in [0, 0.1) is 0 Å². The minimum absolute atomic E-state index is 0.0888. The van der Waals surface area contributed by atoms with E-state index in [0.717, 1.165) is 24.5 Å². The highest BCUT2D eigenvalue weighted by Gasteiger charge is 2.29. The van der Waals surface area contributed by atoms with Gasteiger partial charge in [-0.15, -0.1) is 11.3 Å². The third-order valence-electron chi connectivity index (χ3n) is 6.68. The fraction of sp³-hybridized carbons (Fsp3) is 0.200. The summed E-state index contributed by atoms with van der Waals surface area (Å²) >= 11 is 13.8. The van der Waals surface area contributed by atoms with Crippen molar-refractivity contribution in [1.82, 2.24) is 10.3 Å². The smallest absolute Gasteiger partial charge is 0.271 e. The first-order valence-electron chi connectivity index (χ1n) is 12.6. The molecule has 5 rings (SSSR count). The van der Waals surface area contributed by atoms with Gasteiger partial charge in [-0.3, -0.25) is 9.69 Å². The number of carbonyl (C=O) groups is 1. The first-order valence-corrected chi connectivity index (χ1v) is 14.2. The predicted octanol–water partition coefficient (Wildman–Crippen LogP) is 6.56. The maximum Gasteiger partial charge on any atom is 0.271 e.